The van der Waals surface area contributed by atoms with Gasteiger partial charge in [0.05, 0.1) is 0 Å². The van der Waals surface area contributed by atoms with E-state index in [4.69, 9.17) is 4.42 Å². The molecule has 3 aromatic rings. The maximum absolute atomic E-state index is 11.8. The molecule has 0 atom stereocenters. The van der Waals surface area contributed by atoms with Crippen molar-refractivity contribution in [2.24, 2.45) is 0 Å². The molecule has 0 radical (unpaired) electrons. The first-order chi connectivity index (χ1) is 10.2. The fourth-order valence-electron chi connectivity index (χ4n) is 2.55. The third-order valence-corrected chi connectivity index (χ3v) is 3.81. The van der Waals surface area contributed by atoms with Gasteiger partial charge in [-0.2, -0.15) is 4.57 Å². The summed E-state index contributed by atoms with van der Waals surface area (Å²) in [5, 5.41) is 1.00. The van der Waals surface area contributed by atoms with Gasteiger partial charge in [-0.05, 0) is 18.1 Å². The summed E-state index contributed by atoms with van der Waals surface area (Å²) >= 11 is 0. The van der Waals surface area contributed by atoms with Crippen LogP contribution >= 0.6 is 0 Å². The van der Waals surface area contributed by atoms with Gasteiger partial charge in [0, 0.05) is 36.1 Å². The highest BCUT2D eigenvalue weighted by Crippen LogP contribution is 2.19. The van der Waals surface area contributed by atoms with Crippen molar-refractivity contribution < 1.29 is 8.98 Å². The Kier molecular flexibility index (Phi) is 3.57. The minimum Gasteiger partial charge on any atom is -0.423 e. The Morgan fingerprint density at radius 1 is 1.14 bits per heavy atom. The van der Waals surface area contributed by atoms with Gasteiger partial charge in [0.25, 0.3) is 0 Å². The SMILES string of the molecule is CCc1ccc2c(C[n+]3ccccc3C)cc(=O)oc2c1. The molecule has 2 heterocycles. The number of benzene rings is 1. The molecular formula is C18H18NO2+. The Balaban J connectivity index is 2.14. The second-order valence-electron chi connectivity index (χ2n) is 5.24. The first-order valence-corrected chi connectivity index (χ1v) is 7.18. The van der Waals surface area contributed by atoms with Crippen molar-refractivity contribution >= 4 is 11.0 Å². The minimum absolute atomic E-state index is 0.292. The summed E-state index contributed by atoms with van der Waals surface area (Å²) in [5.74, 6) is 0. The molecule has 0 saturated heterocycles. The maximum atomic E-state index is 11.8. The smallest absolute Gasteiger partial charge is 0.336 e. The lowest BCUT2D eigenvalue weighted by Crippen LogP contribution is -2.37. The van der Waals surface area contributed by atoms with Crippen LogP contribution < -0.4 is 10.2 Å². The molecule has 0 aliphatic rings. The molecule has 0 bridgehead atoms. The second kappa shape index (κ2) is 5.52. The van der Waals surface area contributed by atoms with Crippen molar-refractivity contribution in [3.05, 3.63) is 75.9 Å². The van der Waals surface area contributed by atoms with Crippen LogP contribution in [0.25, 0.3) is 11.0 Å². The lowest BCUT2D eigenvalue weighted by atomic mass is 10.1. The Labute approximate surface area is 123 Å². The molecule has 0 amide bonds. The number of aromatic nitrogens is 1. The van der Waals surface area contributed by atoms with Crippen LogP contribution in [-0.2, 0) is 13.0 Å². The number of pyridine rings is 1. The van der Waals surface area contributed by atoms with E-state index in [1.165, 1.54) is 5.56 Å². The summed E-state index contributed by atoms with van der Waals surface area (Å²) in [6.45, 7) is 4.81. The lowest BCUT2D eigenvalue weighted by molar-refractivity contribution is -0.694. The van der Waals surface area contributed by atoms with Gasteiger partial charge in [-0.1, -0.05) is 25.1 Å². The Morgan fingerprint density at radius 2 is 2.00 bits per heavy atom. The van der Waals surface area contributed by atoms with Crippen LogP contribution in [0.5, 0.6) is 0 Å². The van der Waals surface area contributed by atoms with E-state index < -0.39 is 0 Å². The van der Waals surface area contributed by atoms with Crippen LogP contribution in [-0.4, -0.2) is 0 Å². The summed E-state index contributed by atoms with van der Waals surface area (Å²) in [6, 6.07) is 13.8. The minimum atomic E-state index is -0.292. The number of hydrogen-bond acceptors (Lipinski definition) is 2. The number of rotatable bonds is 3. The van der Waals surface area contributed by atoms with Crippen molar-refractivity contribution in [1.82, 2.24) is 0 Å². The van der Waals surface area contributed by atoms with Gasteiger partial charge in [-0.3, -0.25) is 0 Å². The monoisotopic (exact) mass is 280 g/mol. The third-order valence-electron chi connectivity index (χ3n) is 3.81. The molecule has 0 unspecified atom stereocenters. The average Bonchev–Trinajstić information content (AvgIpc) is 2.48. The van der Waals surface area contributed by atoms with E-state index in [1.54, 1.807) is 6.07 Å². The van der Waals surface area contributed by atoms with E-state index in [9.17, 15) is 4.79 Å². The Bertz CT molecular complexity index is 849. The van der Waals surface area contributed by atoms with Gasteiger partial charge < -0.3 is 4.42 Å². The standard InChI is InChI=1S/C18H18NO2/c1-3-14-7-8-16-15(11-18(20)21-17(16)10-14)12-19-9-5-4-6-13(19)2/h4-11H,3,12H2,1-2H3/q+1. The molecule has 106 valence electrons. The fourth-order valence-corrected chi connectivity index (χ4v) is 2.55. The predicted octanol–water partition coefficient (Wildman–Crippen LogP) is 3.00. The second-order valence-corrected chi connectivity index (χ2v) is 5.24. The summed E-state index contributed by atoms with van der Waals surface area (Å²) in [7, 11) is 0. The number of fused-ring (bicyclic) bond motifs is 1. The van der Waals surface area contributed by atoms with Gasteiger partial charge in [0.15, 0.2) is 18.4 Å². The maximum Gasteiger partial charge on any atom is 0.336 e. The molecule has 2 aromatic heterocycles. The number of hydrogen-bond donors (Lipinski definition) is 0. The Morgan fingerprint density at radius 3 is 2.76 bits per heavy atom. The first kappa shape index (κ1) is 13.6. The van der Waals surface area contributed by atoms with Gasteiger partial charge in [-0.25, -0.2) is 4.79 Å². The zero-order chi connectivity index (χ0) is 14.8. The van der Waals surface area contributed by atoms with Crippen LogP contribution in [0.4, 0.5) is 0 Å². The molecule has 0 saturated carbocycles. The largest absolute Gasteiger partial charge is 0.423 e. The van der Waals surface area contributed by atoms with Crippen molar-refractivity contribution in [3.63, 3.8) is 0 Å². The highest BCUT2D eigenvalue weighted by Gasteiger charge is 2.12. The van der Waals surface area contributed by atoms with E-state index in [0.29, 0.717) is 12.1 Å². The summed E-state index contributed by atoms with van der Waals surface area (Å²) in [4.78, 5) is 11.8. The fraction of sp³-hybridized carbons (Fsp3) is 0.222. The molecule has 0 fully saturated rings. The highest BCUT2D eigenvalue weighted by molar-refractivity contribution is 5.80. The van der Waals surface area contributed by atoms with Crippen LogP contribution in [0.1, 0.15) is 23.7 Å². The summed E-state index contributed by atoms with van der Waals surface area (Å²) < 4.78 is 7.47. The van der Waals surface area contributed by atoms with Crippen LogP contribution in [0.15, 0.2) is 57.9 Å². The average molecular weight is 280 g/mol. The van der Waals surface area contributed by atoms with Gasteiger partial charge in [0.1, 0.15) is 5.58 Å². The molecule has 21 heavy (non-hydrogen) atoms. The quantitative estimate of drug-likeness (QED) is 0.546. The van der Waals surface area contributed by atoms with Gasteiger partial charge in [-0.15, -0.1) is 0 Å². The normalized spacial score (nSPS) is 11.0. The van der Waals surface area contributed by atoms with E-state index in [1.807, 2.05) is 30.5 Å². The lowest BCUT2D eigenvalue weighted by Gasteiger charge is -2.05. The van der Waals surface area contributed by atoms with E-state index in [0.717, 1.165) is 23.1 Å². The molecule has 3 rings (SSSR count). The highest BCUT2D eigenvalue weighted by atomic mass is 16.4. The Hall–Kier alpha value is -2.42. The van der Waals surface area contributed by atoms with Crippen LogP contribution in [0, 0.1) is 6.92 Å². The van der Waals surface area contributed by atoms with Crippen LogP contribution in [0.2, 0.25) is 0 Å². The zero-order valence-corrected chi connectivity index (χ0v) is 12.3. The zero-order valence-electron chi connectivity index (χ0n) is 12.3. The molecular weight excluding hydrogens is 262 g/mol. The number of nitrogens with zero attached hydrogens (tertiary/aromatic N) is 1. The van der Waals surface area contributed by atoms with E-state index in [2.05, 4.69) is 30.5 Å². The van der Waals surface area contributed by atoms with Crippen LogP contribution in [0.3, 0.4) is 0 Å². The van der Waals surface area contributed by atoms with Gasteiger partial charge >= 0.3 is 5.63 Å². The molecule has 0 N–H and O–H groups in total. The predicted molar refractivity (Wildman–Crippen MR) is 82.3 cm³/mol. The third kappa shape index (κ3) is 2.72. The molecule has 1 aromatic carbocycles. The molecule has 3 nitrogen and oxygen atoms in total. The summed E-state index contributed by atoms with van der Waals surface area (Å²) in [6.07, 6.45) is 2.95. The van der Waals surface area contributed by atoms with Crippen molar-refractivity contribution in [3.8, 4) is 0 Å². The van der Waals surface area contributed by atoms with Crippen molar-refractivity contribution in [1.29, 1.82) is 0 Å². The summed E-state index contributed by atoms with van der Waals surface area (Å²) in [5.41, 5.74) is 3.70. The molecule has 3 heteroatoms. The molecule has 0 aliphatic heterocycles. The molecule has 0 spiro atoms. The number of aryl methyl sites for hydroxylation is 2. The van der Waals surface area contributed by atoms with Crippen molar-refractivity contribution in [2.75, 3.05) is 0 Å². The van der Waals surface area contributed by atoms with Gasteiger partial charge in [0.2, 0.25) is 0 Å². The first-order valence-electron chi connectivity index (χ1n) is 7.18. The molecule has 0 aliphatic carbocycles. The van der Waals surface area contributed by atoms with E-state index >= 15 is 0 Å². The van der Waals surface area contributed by atoms with Crippen molar-refractivity contribution in [2.45, 2.75) is 26.8 Å². The van der Waals surface area contributed by atoms with E-state index in [-0.39, 0.29) is 5.63 Å². The topological polar surface area (TPSA) is 34.1 Å².